The van der Waals surface area contributed by atoms with E-state index in [-0.39, 0.29) is 0 Å². The van der Waals surface area contributed by atoms with E-state index >= 15 is 0 Å². The van der Waals surface area contributed by atoms with E-state index < -0.39 is 11.9 Å². The maximum absolute atomic E-state index is 10.4. The highest BCUT2D eigenvalue weighted by Crippen LogP contribution is 2.17. The average molecular weight is 757 g/mol. The number of carboxylic acids is 2. The largest absolute Gasteiger partial charge is 0.478 e. The van der Waals surface area contributed by atoms with Gasteiger partial charge >= 0.3 is 11.9 Å². The Bertz CT molecular complexity index is 844. The molecule has 4 nitrogen and oxygen atoms in total. The van der Waals surface area contributed by atoms with Crippen LogP contribution in [0.3, 0.4) is 0 Å². The molecule has 0 aliphatic heterocycles. The Morgan fingerprint density at radius 3 is 0.500 bits per heavy atom. The van der Waals surface area contributed by atoms with Crippen LogP contribution in [0.15, 0.2) is 36.5 Å². The molecule has 0 aromatic heterocycles. The lowest BCUT2D eigenvalue weighted by atomic mass is 10.0. The second kappa shape index (κ2) is 47.3. The van der Waals surface area contributed by atoms with Crippen LogP contribution in [-0.4, -0.2) is 22.2 Å². The van der Waals surface area contributed by atoms with Crippen LogP contribution >= 0.6 is 0 Å². The standard InChI is InChI=1S/C50H92O4/c51-49(52)47-45-43-41-39-37-35-33-31-29-27-25-23-21-19-17-15-13-11-9-7-5-3-1-2-4-6-8-10-12-14-16-18-20-22-24-26-28-30-32-34-36-38-40-42-44-46-48-50(53)54/h29,31,45-48H,1-28,30,32-44H2,(H,51,52)(H,53,54). The molecule has 0 bridgehead atoms. The summed E-state index contributed by atoms with van der Waals surface area (Å²) in [5.74, 6) is -1.67. The predicted octanol–water partition coefficient (Wildman–Crippen LogP) is 17.2. The normalized spacial score (nSPS) is 11.9. The second-order valence-electron chi connectivity index (χ2n) is 16.5. The zero-order valence-electron chi connectivity index (χ0n) is 35.9. The molecule has 0 aromatic carbocycles. The van der Waals surface area contributed by atoms with Crippen molar-refractivity contribution in [3.63, 3.8) is 0 Å². The van der Waals surface area contributed by atoms with Gasteiger partial charge in [0.05, 0.1) is 0 Å². The first-order valence-electron chi connectivity index (χ1n) is 24.1. The summed E-state index contributed by atoms with van der Waals surface area (Å²) in [6.07, 6.45) is 68.0. The number of carbonyl (C=O) groups is 2. The first-order chi connectivity index (χ1) is 26.6. The molecule has 0 aliphatic rings. The Morgan fingerprint density at radius 1 is 0.222 bits per heavy atom. The highest BCUT2D eigenvalue weighted by atomic mass is 16.4. The van der Waals surface area contributed by atoms with Gasteiger partial charge in [-0.25, -0.2) is 9.59 Å². The smallest absolute Gasteiger partial charge is 0.327 e. The molecule has 0 rings (SSSR count). The molecule has 0 amide bonds. The van der Waals surface area contributed by atoms with E-state index in [0.29, 0.717) is 0 Å². The molecular formula is C50H92O4. The van der Waals surface area contributed by atoms with Gasteiger partial charge in [0.15, 0.2) is 0 Å². The van der Waals surface area contributed by atoms with Crippen LogP contribution in [0.5, 0.6) is 0 Å². The number of allylic oxidation sites excluding steroid dienone is 4. The number of aliphatic carboxylic acids is 2. The summed E-state index contributed by atoms with van der Waals surface area (Å²) in [7, 11) is 0. The topological polar surface area (TPSA) is 74.6 Å². The van der Waals surface area contributed by atoms with Gasteiger partial charge in [0, 0.05) is 12.2 Å². The fourth-order valence-corrected chi connectivity index (χ4v) is 7.66. The predicted molar refractivity (Wildman–Crippen MR) is 237 cm³/mol. The van der Waals surface area contributed by atoms with Crippen molar-refractivity contribution in [2.45, 2.75) is 270 Å². The molecule has 0 aliphatic carbocycles. The average Bonchev–Trinajstić information content (AvgIpc) is 3.15. The van der Waals surface area contributed by atoms with Gasteiger partial charge in [-0.15, -0.1) is 0 Å². The van der Waals surface area contributed by atoms with E-state index in [1.807, 2.05) is 0 Å². The van der Waals surface area contributed by atoms with Crippen molar-refractivity contribution in [1.82, 2.24) is 0 Å². The summed E-state index contributed by atoms with van der Waals surface area (Å²) in [4.78, 5) is 20.8. The number of carboxylic acid groups (broad SMARTS) is 2. The molecule has 0 saturated heterocycles. The van der Waals surface area contributed by atoms with Crippen molar-refractivity contribution in [3.8, 4) is 0 Å². The summed E-state index contributed by atoms with van der Waals surface area (Å²) in [5.41, 5.74) is 0. The van der Waals surface area contributed by atoms with Gasteiger partial charge in [-0.2, -0.15) is 0 Å². The van der Waals surface area contributed by atoms with Crippen molar-refractivity contribution >= 4 is 11.9 Å². The van der Waals surface area contributed by atoms with Crippen LogP contribution in [0.1, 0.15) is 270 Å². The van der Waals surface area contributed by atoms with Crippen molar-refractivity contribution in [3.05, 3.63) is 36.5 Å². The molecule has 0 heterocycles. The molecule has 0 aromatic rings. The summed E-state index contributed by atoms with van der Waals surface area (Å²) < 4.78 is 0. The molecule has 0 radical (unpaired) electrons. The summed E-state index contributed by atoms with van der Waals surface area (Å²) in [6, 6.07) is 0. The first kappa shape index (κ1) is 52.2. The fraction of sp³-hybridized carbons (Fsp3) is 0.840. The number of hydrogen-bond donors (Lipinski definition) is 2. The summed E-state index contributed by atoms with van der Waals surface area (Å²) >= 11 is 0. The van der Waals surface area contributed by atoms with Crippen molar-refractivity contribution in [2.24, 2.45) is 0 Å². The first-order valence-corrected chi connectivity index (χ1v) is 24.1. The zero-order valence-corrected chi connectivity index (χ0v) is 35.9. The van der Waals surface area contributed by atoms with Crippen LogP contribution in [0.4, 0.5) is 0 Å². The van der Waals surface area contributed by atoms with Gasteiger partial charge in [-0.1, -0.05) is 243 Å². The Kier molecular flexibility index (Phi) is 45.7. The molecule has 0 spiro atoms. The Morgan fingerprint density at radius 2 is 0.352 bits per heavy atom. The van der Waals surface area contributed by atoms with E-state index in [9.17, 15) is 9.59 Å². The summed E-state index contributed by atoms with van der Waals surface area (Å²) in [6.45, 7) is 0. The molecule has 316 valence electrons. The molecule has 0 fully saturated rings. The highest BCUT2D eigenvalue weighted by molar-refractivity contribution is 5.79. The SMILES string of the molecule is O=C(O)C=CCCCCCCC=CCCCCCCCCCCCCCCCCCCCCCCCCCCCCCCCCCCCCC=CC(=O)O. The quantitative estimate of drug-likeness (QED) is 0.0368. The third-order valence-electron chi connectivity index (χ3n) is 11.2. The van der Waals surface area contributed by atoms with Gasteiger partial charge in [-0.05, 0) is 51.4 Å². The zero-order chi connectivity index (χ0) is 39.1. The summed E-state index contributed by atoms with van der Waals surface area (Å²) in [5, 5.41) is 17.1. The van der Waals surface area contributed by atoms with Gasteiger partial charge in [0.2, 0.25) is 0 Å². The maximum atomic E-state index is 10.4. The third-order valence-corrected chi connectivity index (χ3v) is 11.2. The lowest BCUT2D eigenvalue weighted by molar-refractivity contribution is -0.132. The fourth-order valence-electron chi connectivity index (χ4n) is 7.66. The van der Waals surface area contributed by atoms with E-state index in [0.717, 1.165) is 25.7 Å². The molecule has 2 N–H and O–H groups in total. The van der Waals surface area contributed by atoms with Crippen LogP contribution in [0, 0.1) is 0 Å². The Balaban J connectivity index is 3.11. The van der Waals surface area contributed by atoms with Gasteiger partial charge in [-0.3, -0.25) is 0 Å². The molecule has 4 heteroatoms. The number of rotatable bonds is 46. The Hall–Kier alpha value is -1.84. The maximum Gasteiger partial charge on any atom is 0.327 e. The lowest BCUT2D eigenvalue weighted by Crippen LogP contribution is -1.86. The van der Waals surface area contributed by atoms with Crippen LogP contribution in [0.25, 0.3) is 0 Å². The molecule has 0 unspecified atom stereocenters. The minimum Gasteiger partial charge on any atom is -0.478 e. The van der Waals surface area contributed by atoms with Gasteiger partial charge < -0.3 is 10.2 Å². The van der Waals surface area contributed by atoms with Crippen molar-refractivity contribution in [1.29, 1.82) is 0 Å². The Labute approximate surface area is 336 Å². The minimum absolute atomic E-state index is 0.831. The second-order valence-corrected chi connectivity index (χ2v) is 16.5. The minimum atomic E-state index is -0.840. The van der Waals surface area contributed by atoms with E-state index in [1.165, 1.54) is 256 Å². The van der Waals surface area contributed by atoms with Crippen molar-refractivity contribution in [2.75, 3.05) is 0 Å². The van der Waals surface area contributed by atoms with Crippen LogP contribution < -0.4 is 0 Å². The monoisotopic (exact) mass is 757 g/mol. The molecule has 0 saturated carbocycles. The van der Waals surface area contributed by atoms with Crippen molar-refractivity contribution < 1.29 is 19.8 Å². The third kappa shape index (κ3) is 50.2. The van der Waals surface area contributed by atoms with E-state index in [4.69, 9.17) is 10.2 Å². The van der Waals surface area contributed by atoms with E-state index in [1.54, 1.807) is 12.2 Å². The number of unbranched alkanes of at least 4 members (excludes halogenated alkanes) is 40. The number of hydrogen-bond acceptors (Lipinski definition) is 2. The van der Waals surface area contributed by atoms with Crippen LogP contribution in [-0.2, 0) is 9.59 Å². The molecule has 0 atom stereocenters. The highest BCUT2D eigenvalue weighted by Gasteiger charge is 1.98. The lowest BCUT2D eigenvalue weighted by Gasteiger charge is -2.05. The van der Waals surface area contributed by atoms with Gasteiger partial charge in [0.25, 0.3) is 0 Å². The molecular weight excluding hydrogens is 665 g/mol. The van der Waals surface area contributed by atoms with E-state index in [2.05, 4.69) is 12.2 Å². The van der Waals surface area contributed by atoms with Crippen LogP contribution in [0.2, 0.25) is 0 Å². The molecule has 54 heavy (non-hydrogen) atoms. The van der Waals surface area contributed by atoms with Gasteiger partial charge in [0.1, 0.15) is 0 Å².